The first kappa shape index (κ1) is 11.9. The maximum absolute atomic E-state index is 12.8. The van der Waals surface area contributed by atoms with Gasteiger partial charge in [-0.05, 0) is 18.2 Å². The van der Waals surface area contributed by atoms with E-state index < -0.39 is 17.4 Å². The van der Waals surface area contributed by atoms with Crippen LogP contribution in [0.5, 0.6) is 0 Å². The quantitative estimate of drug-likeness (QED) is 0.615. The van der Waals surface area contributed by atoms with Crippen molar-refractivity contribution in [2.45, 2.75) is 0 Å². The number of nitrogens with one attached hydrogen (secondary N) is 1. The molecular formula is C9H6ClFN4O. The Morgan fingerprint density at radius 3 is 2.81 bits per heavy atom. The third-order valence-electron chi connectivity index (χ3n) is 1.56. The number of nitrogens with zero attached hydrogens (tertiary/aromatic N) is 2. The standard InChI is InChI=1S/C9H6ClFN4O/c10-6-3-5(1-2-7(6)11)14-15-8(4-12)9(13)16/h1-3,14H,(H2,13,16). The van der Waals surface area contributed by atoms with Crippen molar-refractivity contribution in [2.75, 3.05) is 5.43 Å². The van der Waals surface area contributed by atoms with E-state index in [1.807, 2.05) is 0 Å². The number of hydrazone groups is 1. The zero-order valence-electron chi connectivity index (χ0n) is 7.87. The maximum atomic E-state index is 12.8. The van der Waals surface area contributed by atoms with Crippen molar-refractivity contribution in [3.8, 4) is 6.07 Å². The largest absolute Gasteiger partial charge is 0.364 e. The Morgan fingerprint density at radius 2 is 2.31 bits per heavy atom. The molecule has 1 aromatic carbocycles. The second-order valence-corrected chi connectivity index (χ2v) is 3.08. The highest BCUT2D eigenvalue weighted by atomic mass is 35.5. The summed E-state index contributed by atoms with van der Waals surface area (Å²) in [7, 11) is 0. The lowest BCUT2D eigenvalue weighted by Crippen LogP contribution is -2.22. The van der Waals surface area contributed by atoms with Crippen LogP contribution in [0, 0.1) is 17.1 Å². The second-order valence-electron chi connectivity index (χ2n) is 2.68. The van der Waals surface area contributed by atoms with Crippen LogP contribution in [-0.2, 0) is 4.79 Å². The number of nitrogens with two attached hydrogens (primary N) is 1. The van der Waals surface area contributed by atoms with Crippen molar-refractivity contribution in [2.24, 2.45) is 10.8 Å². The lowest BCUT2D eigenvalue weighted by molar-refractivity contribution is -0.111. The molecule has 0 heterocycles. The SMILES string of the molecule is N#CC(=NNc1ccc(F)c(Cl)c1)C(N)=O. The summed E-state index contributed by atoms with van der Waals surface area (Å²) in [5.74, 6) is -1.53. The van der Waals surface area contributed by atoms with E-state index in [1.165, 1.54) is 18.2 Å². The number of anilines is 1. The van der Waals surface area contributed by atoms with E-state index in [4.69, 9.17) is 22.6 Å². The van der Waals surface area contributed by atoms with Gasteiger partial charge < -0.3 is 5.73 Å². The van der Waals surface area contributed by atoms with E-state index in [0.29, 0.717) is 5.69 Å². The summed E-state index contributed by atoms with van der Waals surface area (Å²) < 4.78 is 12.8. The van der Waals surface area contributed by atoms with Gasteiger partial charge in [0.05, 0.1) is 10.7 Å². The van der Waals surface area contributed by atoms with Gasteiger partial charge in [0.15, 0.2) is 0 Å². The topological polar surface area (TPSA) is 91.3 Å². The molecule has 0 spiro atoms. The van der Waals surface area contributed by atoms with Crippen molar-refractivity contribution in [3.63, 3.8) is 0 Å². The predicted molar refractivity (Wildman–Crippen MR) is 57.3 cm³/mol. The van der Waals surface area contributed by atoms with Gasteiger partial charge in [0, 0.05) is 0 Å². The molecule has 82 valence electrons. The molecule has 5 nitrogen and oxygen atoms in total. The fraction of sp³-hybridized carbons (Fsp3) is 0. The van der Waals surface area contributed by atoms with Crippen molar-refractivity contribution in [3.05, 3.63) is 29.0 Å². The summed E-state index contributed by atoms with van der Waals surface area (Å²) in [5, 5.41) is 11.8. The van der Waals surface area contributed by atoms with E-state index in [-0.39, 0.29) is 5.02 Å². The smallest absolute Gasteiger partial charge is 0.280 e. The minimum absolute atomic E-state index is 0.0993. The molecule has 1 amide bonds. The molecule has 0 radical (unpaired) electrons. The molecule has 0 fully saturated rings. The summed E-state index contributed by atoms with van der Waals surface area (Å²) in [5.41, 5.74) is 7.05. The minimum atomic E-state index is -0.955. The summed E-state index contributed by atoms with van der Waals surface area (Å²) in [4.78, 5) is 10.6. The molecule has 0 saturated carbocycles. The number of carbonyl (C=O) groups is 1. The van der Waals surface area contributed by atoms with Crippen LogP contribution in [0.4, 0.5) is 10.1 Å². The Morgan fingerprint density at radius 1 is 1.62 bits per heavy atom. The summed E-state index contributed by atoms with van der Waals surface area (Å²) in [6.07, 6.45) is 0. The molecule has 16 heavy (non-hydrogen) atoms. The molecule has 0 unspecified atom stereocenters. The number of hydrogen-bond acceptors (Lipinski definition) is 4. The lowest BCUT2D eigenvalue weighted by Gasteiger charge is -2.01. The number of primary amides is 1. The summed E-state index contributed by atoms with van der Waals surface area (Å²) in [6.45, 7) is 0. The highest BCUT2D eigenvalue weighted by molar-refractivity contribution is 6.44. The van der Waals surface area contributed by atoms with E-state index >= 15 is 0 Å². The zero-order chi connectivity index (χ0) is 12.1. The van der Waals surface area contributed by atoms with Crippen molar-refractivity contribution >= 4 is 28.9 Å². The maximum Gasteiger partial charge on any atom is 0.280 e. The fourth-order valence-electron chi connectivity index (χ4n) is 0.821. The number of hydrogen-bond donors (Lipinski definition) is 2. The Kier molecular flexibility index (Phi) is 3.80. The van der Waals surface area contributed by atoms with Gasteiger partial charge in [-0.3, -0.25) is 10.2 Å². The average Bonchev–Trinajstić information content (AvgIpc) is 2.23. The van der Waals surface area contributed by atoms with Crippen LogP contribution in [0.25, 0.3) is 0 Å². The molecule has 7 heteroatoms. The van der Waals surface area contributed by atoms with E-state index in [9.17, 15) is 9.18 Å². The van der Waals surface area contributed by atoms with Crippen LogP contribution in [0.3, 0.4) is 0 Å². The first-order valence-corrected chi connectivity index (χ1v) is 4.41. The van der Waals surface area contributed by atoms with Crippen LogP contribution in [-0.4, -0.2) is 11.6 Å². The highest BCUT2D eigenvalue weighted by Gasteiger charge is 2.05. The normalized spacial score (nSPS) is 10.7. The van der Waals surface area contributed by atoms with Gasteiger partial charge in [0.2, 0.25) is 5.71 Å². The second kappa shape index (κ2) is 5.09. The predicted octanol–water partition coefficient (Wildman–Crippen LogP) is 1.26. The number of nitriles is 1. The molecule has 0 aliphatic heterocycles. The van der Waals surface area contributed by atoms with E-state index in [2.05, 4.69) is 10.5 Å². The van der Waals surface area contributed by atoms with Gasteiger partial charge in [0.1, 0.15) is 11.9 Å². The molecule has 0 aliphatic carbocycles. The van der Waals surface area contributed by atoms with Gasteiger partial charge in [-0.1, -0.05) is 11.6 Å². The van der Waals surface area contributed by atoms with Crippen LogP contribution in [0.1, 0.15) is 0 Å². The Hall–Kier alpha value is -2.13. The van der Waals surface area contributed by atoms with Gasteiger partial charge in [-0.15, -0.1) is 0 Å². The zero-order valence-corrected chi connectivity index (χ0v) is 8.62. The first-order chi connectivity index (χ1) is 7.54. The number of rotatable bonds is 3. The third kappa shape index (κ3) is 2.93. The number of benzene rings is 1. The van der Waals surface area contributed by atoms with E-state index in [0.717, 1.165) is 6.07 Å². The van der Waals surface area contributed by atoms with Gasteiger partial charge in [-0.25, -0.2) is 4.39 Å². The summed E-state index contributed by atoms with van der Waals surface area (Å²) >= 11 is 5.51. The number of halogens is 2. The highest BCUT2D eigenvalue weighted by Crippen LogP contribution is 2.19. The van der Waals surface area contributed by atoms with Crippen LogP contribution < -0.4 is 11.2 Å². The van der Waals surface area contributed by atoms with Gasteiger partial charge >= 0.3 is 0 Å². The van der Waals surface area contributed by atoms with E-state index in [1.54, 1.807) is 0 Å². The molecule has 0 saturated heterocycles. The Labute approximate surface area is 95.3 Å². The Bertz CT molecular complexity index is 495. The average molecular weight is 241 g/mol. The minimum Gasteiger partial charge on any atom is -0.364 e. The van der Waals surface area contributed by atoms with Gasteiger partial charge in [-0.2, -0.15) is 10.4 Å². The summed E-state index contributed by atoms with van der Waals surface area (Å²) in [6, 6.07) is 5.23. The number of amides is 1. The van der Waals surface area contributed by atoms with Gasteiger partial charge in [0.25, 0.3) is 5.91 Å². The third-order valence-corrected chi connectivity index (χ3v) is 1.85. The monoisotopic (exact) mass is 240 g/mol. The molecule has 0 aliphatic rings. The van der Waals surface area contributed by atoms with Crippen molar-refractivity contribution in [1.82, 2.24) is 0 Å². The van der Waals surface area contributed by atoms with Crippen molar-refractivity contribution < 1.29 is 9.18 Å². The molecular weight excluding hydrogens is 235 g/mol. The number of carbonyl (C=O) groups excluding carboxylic acids is 1. The first-order valence-electron chi connectivity index (χ1n) is 4.03. The van der Waals surface area contributed by atoms with Crippen LogP contribution >= 0.6 is 11.6 Å². The van der Waals surface area contributed by atoms with Crippen LogP contribution in [0.2, 0.25) is 5.02 Å². The molecule has 1 aromatic rings. The fourth-order valence-corrected chi connectivity index (χ4v) is 1.00. The van der Waals surface area contributed by atoms with Crippen molar-refractivity contribution in [1.29, 1.82) is 5.26 Å². The lowest BCUT2D eigenvalue weighted by atomic mass is 10.3. The molecule has 0 atom stereocenters. The van der Waals surface area contributed by atoms with Crippen LogP contribution in [0.15, 0.2) is 23.3 Å². The molecule has 1 rings (SSSR count). The molecule has 0 bridgehead atoms. The molecule has 3 N–H and O–H groups in total. The molecule has 0 aromatic heterocycles. The Balaban J connectivity index is 2.86.